The van der Waals surface area contributed by atoms with Gasteiger partial charge in [-0.15, -0.1) is 0 Å². The van der Waals surface area contributed by atoms with E-state index in [1.165, 1.54) is 0 Å². The van der Waals surface area contributed by atoms with Crippen LogP contribution in [0.3, 0.4) is 0 Å². The molecule has 29 heavy (non-hydrogen) atoms. The summed E-state index contributed by atoms with van der Waals surface area (Å²) in [5.41, 5.74) is 2.18. The molecule has 0 saturated carbocycles. The lowest BCUT2D eigenvalue weighted by Crippen LogP contribution is -2.50. The van der Waals surface area contributed by atoms with Gasteiger partial charge in [-0.1, -0.05) is 25.1 Å². The van der Waals surface area contributed by atoms with Crippen LogP contribution in [0, 0.1) is 5.41 Å². The predicted molar refractivity (Wildman–Crippen MR) is 112 cm³/mol. The first kappa shape index (κ1) is 20.4. The third-order valence-corrected chi connectivity index (χ3v) is 7.02. The number of likely N-dealkylation sites (N-methyl/N-ethyl adjacent to an activating group) is 1. The van der Waals surface area contributed by atoms with Crippen LogP contribution < -0.4 is 0 Å². The molecular formula is C23H33N3O3. The van der Waals surface area contributed by atoms with Crippen LogP contribution in [0.2, 0.25) is 0 Å². The number of likely N-dealkylation sites (tertiary alicyclic amines) is 1. The second-order valence-electron chi connectivity index (χ2n) is 8.99. The van der Waals surface area contributed by atoms with Crippen LogP contribution in [-0.4, -0.2) is 85.5 Å². The van der Waals surface area contributed by atoms with Crippen molar-refractivity contribution in [3.05, 3.63) is 35.4 Å². The summed E-state index contributed by atoms with van der Waals surface area (Å²) >= 11 is 0. The maximum absolute atomic E-state index is 13.0. The normalized spacial score (nSPS) is 25.0. The Labute approximate surface area is 173 Å². The Morgan fingerprint density at radius 2 is 1.93 bits per heavy atom. The minimum Gasteiger partial charge on any atom is -0.376 e. The van der Waals surface area contributed by atoms with Crippen LogP contribution in [0.5, 0.6) is 0 Å². The monoisotopic (exact) mass is 399 g/mol. The molecule has 0 N–H and O–H groups in total. The van der Waals surface area contributed by atoms with Crippen molar-refractivity contribution in [2.75, 3.05) is 52.9 Å². The standard InChI is InChI=1S/C23H33N3O3/c1-3-18-6-4-5-7-20(18)22(28)26-10-8-23(9-11-26)14-19(29-17-23)15-25-13-12-24(2)21(27)16-25/h4-7,19H,3,8-17H2,1-2H3/t19-/m0/s1. The van der Waals surface area contributed by atoms with Crippen LogP contribution in [0.1, 0.15) is 42.1 Å². The van der Waals surface area contributed by atoms with Gasteiger partial charge >= 0.3 is 0 Å². The van der Waals surface area contributed by atoms with E-state index < -0.39 is 0 Å². The molecule has 1 spiro atoms. The zero-order valence-electron chi connectivity index (χ0n) is 17.7. The molecule has 3 saturated heterocycles. The van der Waals surface area contributed by atoms with Crippen LogP contribution in [0.25, 0.3) is 0 Å². The van der Waals surface area contributed by atoms with Gasteiger partial charge in [-0.2, -0.15) is 0 Å². The first-order valence-corrected chi connectivity index (χ1v) is 10.9. The highest BCUT2D eigenvalue weighted by Crippen LogP contribution is 2.42. The van der Waals surface area contributed by atoms with E-state index in [2.05, 4.69) is 17.9 Å². The van der Waals surface area contributed by atoms with E-state index in [0.29, 0.717) is 6.54 Å². The Bertz CT molecular complexity index is 757. The highest BCUT2D eigenvalue weighted by atomic mass is 16.5. The highest BCUT2D eigenvalue weighted by Gasteiger charge is 2.43. The summed E-state index contributed by atoms with van der Waals surface area (Å²) in [5, 5.41) is 0. The van der Waals surface area contributed by atoms with Crippen molar-refractivity contribution >= 4 is 11.8 Å². The molecule has 158 valence electrons. The molecule has 0 aliphatic carbocycles. The molecule has 0 radical (unpaired) electrons. The van der Waals surface area contributed by atoms with Gasteiger partial charge in [0.05, 0.1) is 19.3 Å². The van der Waals surface area contributed by atoms with Gasteiger partial charge in [0.15, 0.2) is 0 Å². The summed E-state index contributed by atoms with van der Waals surface area (Å²) < 4.78 is 6.16. The SMILES string of the molecule is CCc1ccccc1C(=O)N1CCC2(CC1)CO[C@H](CN1CCN(C)C(=O)C1)C2. The van der Waals surface area contributed by atoms with Gasteiger partial charge < -0.3 is 14.5 Å². The highest BCUT2D eigenvalue weighted by molar-refractivity contribution is 5.95. The number of piperazine rings is 1. The number of piperidine rings is 1. The minimum absolute atomic E-state index is 0.170. The van der Waals surface area contributed by atoms with Crippen LogP contribution in [0.15, 0.2) is 24.3 Å². The molecular weight excluding hydrogens is 366 g/mol. The van der Waals surface area contributed by atoms with Crippen molar-refractivity contribution in [1.82, 2.24) is 14.7 Å². The molecule has 3 aliphatic rings. The van der Waals surface area contributed by atoms with Gasteiger partial charge in [-0.3, -0.25) is 14.5 Å². The third kappa shape index (κ3) is 4.33. The second kappa shape index (κ2) is 8.44. The fraction of sp³-hybridized carbons (Fsp3) is 0.652. The zero-order chi connectivity index (χ0) is 20.4. The Morgan fingerprint density at radius 1 is 1.17 bits per heavy atom. The van der Waals surface area contributed by atoms with Crippen molar-refractivity contribution in [3.63, 3.8) is 0 Å². The van der Waals surface area contributed by atoms with Gasteiger partial charge in [-0.25, -0.2) is 0 Å². The Morgan fingerprint density at radius 3 is 2.66 bits per heavy atom. The molecule has 1 aromatic rings. The molecule has 4 rings (SSSR count). The smallest absolute Gasteiger partial charge is 0.254 e. The van der Waals surface area contributed by atoms with Gasteiger partial charge in [0.2, 0.25) is 5.91 Å². The lowest BCUT2D eigenvalue weighted by Gasteiger charge is -2.39. The van der Waals surface area contributed by atoms with E-state index in [1.807, 2.05) is 30.1 Å². The maximum atomic E-state index is 13.0. The van der Waals surface area contributed by atoms with E-state index in [4.69, 9.17) is 4.74 Å². The molecule has 0 aromatic heterocycles. The molecule has 6 heteroatoms. The van der Waals surface area contributed by atoms with Gasteiger partial charge in [0, 0.05) is 45.3 Å². The Kier molecular flexibility index (Phi) is 5.93. The van der Waals surface area contributed by atoms with E-state index in [0.717, 1.165) is 76.1 Å². The average Bonchev–Trinajstić information content (AvgIpc) is 3.12. The quantitative estimate of drug-likeness (QED) is 0.778. The number of hydrogen-bond acceptors (Lipinski definition) is 4. The fourth-order valence-corrected chi connectivity index (χ4v) is 5.00. The molecule has 2 amide bonds. The number of hydrogen-bond donors (Lipinski definition) is 0. The van der Waals surface area contributed by atoms with Crippen LogP contribution >= 0.6 is 0 Å². The third-order valence-electron chi connectivity index (χ3n) is 7.02. The van der Waals surface area contributed by atoms with Crippen molar-refractivity contribution < 1.29 is 14.3 Å². The predicted octanol–water partition coefficient (Wildman–Crippen LogP) is 2.03. The number of amides is 2. The number of aryl methyl sites for hydroxylation is 1. The lowest BCUT2D eigenvalue weighted by atomic mass is 9.76. The number of carbonyl (C=O) groups is 2. The molecule has 3 fully saturated rings. The fourth-order valence-electron chi connectivity index (χ4n) is 5.00. The zero-order valence-corrected chi connectivity index (χ0v) is 17.7. The summed E-state index contributed by atoms with van der Waals surface area (Å²) in [4.78, 5) is 31.0. The van der Waals surface area contributed by atoms with Crippen LogP contribution in [-0.2, 0) is 16.0 Å². The van der Waals surface area contributed by atoms with E-state index >= 15 is 0 Å². The second-order valence-corrected chi connectivity index (χ2v) is 8.99. The summed E-state index contributed by atoms with van der Waals surface area (Å²) in [6, 6.07) is 7.97. The van der Waals surface area contributed by atoms with Crippen molar-refractivity contribution in [1.29, 1.82) is 0 Å². The van der Waals surface area contributed by atoms with E-state index in [1.54, 1.807) is 4.90 Å². The summed E-state index contributed by atoms with van der Waals surface area (Å²) in [7, 11) is 1.87. The Balaban J connectivity index is 1.30. The first-order chi connectivity index (χ1) is 14.0. The summed E-state index contributed by atoms with van der Waals surface area (Å²) in [6.45, 7) is 7.56. The van der Waals surface area contributed by atoms with Crippen molar-refractivity contribution in [2.45, 2.75) is 38.7 Å². The van der Waals surface area contributed by atoms with Crippen molar-refractivity contribution in [3.8, 4) is 0 Å². The van der Waals surface area contributed by atoms with Crippen LogP contribution in [0.4, 0.5) is 0 Å². The first-order valence-electron chi connectivity index (χ1n) is 10.9. The summed E-state index contributed by atoms with van der Waals surface area (Å²) in [6.07, 6.45) is 4.14. The molecule has 0 unspecified atom stereocenters. The molecule has 1 atom stereocenters. The lowest BCUT2D eigenvalue weighted by molar-refractivity contribution is -0.134. The summed E-state index contributed by atoms with van der Waals surface area (Å²) in [5.74, 6) is 0.367. The molecule has 6 nitrogen and oxygen atoms in total. The average molecular weight is 400 g/mol. The topological polar surface area (TPSA) is 53.1 Å². The van der Waals surface area contributed by atoms with Gasteiger partial charge in [0.1, 0.15) is 0 Å². The number of benzene rings is 1. The minimum atomic E-state index is 0.170. The Hall–Kier alpha value is -1.92. The largest absolute Gasteiger partial charge is 0.376 e. The molecule has 3 aliphatic heterocycles. The maximum Gasteiger partial charge on any atom is 0.254 e. The number of ether oxygens (including phenoxy) is 1. The van der Waals surface area contributed by atoms with Gasteiger partial charge in [-0.05, 0) is 42.7 Å². The van der Waals surface area contributed by atoms with E-state index in [-0.39, 0.29) is 23.3 Å². The van der Waals surface area contributed by atoms with E-state index in [9.17, 15) is 9.59 Å². The number of nitrogens with zero attached hydrogens (tertiary/aromatic N) is 3. The molecule has 0 bridgehead atoms. The van der Waals surface area contributed by atoms with Crippen molar-refractivity contribution in [2.24, 2.45) is 5.41 Å². The molecule has 3 heterocycles. The number of rotatable bonds is 4. The van der Waals surface area contributed by atoms with Gasteiger partial charge in [0.25, 0.3) is 5.91 Å². The number of carbonyl (C=O) groups excluding carboxylic acids is 2. The molecule has 1 aromatic carbocycles.